The normalized spacial score (nSPS) is 10.2. The third kappa shape index (κ3) is 3.19. The summed E-state index contributed by atoms with van der Waals surface area (Å²) in [7, 11) is 1.46. The summed E-state index contributed by atoms with van der Waals surface area (Å²) >= 11 is 5.97. The first-order valence-electron chi connectivity index (χ1n) is 6.06. The molecule has 0 amide bonds. The van der Waals surface area contributed by atoms with E-state index in [4.69, 9.17) is 21.1 Å². The summed E-state index contributed by atoms with van der Waals surface area (Å²) in [5, 5.41) is 11.3. The highest BCUT2D eigenvalue weighted by molar-refractivity contribution is 6.30. The van der Waals surface area contributed by atoms with Crippen LogP contribution in [0.1, 0.15) is 12.5 Å². The molecule has 21 heavy (non-hydrogen) atoms. The molecule has 2 aromatic rings. The molecule has 0 aliphatic rings. The molecule has 1 aromatic carbocycles. The molecule has 0 N–H and O–H groups in total. The first-order chi connectivity index (χ1) is 10.1. The molecule has 7 nitrogen and oxygen atoms in total. The van der Waals surface area contributed by atoms with Crippen molar-refractivity contribution in [1.82, 2.24) is 9.97 Å². The van der Waals surface area contributed by atoms with Crippen LogP contribution in [0.5, 0.6) is 17.4 Å². The second-order valence-electron chi connectivity index (χ2n) is 3.99. The van der Waals surface area contributed by atoms with Crippen LogP contribution in [0.2, 0.25) is 5.15 Å². The Morgan fingerprint density at radius 3 is 2.76 bits per heavy atom. The van der Waals surface area contributed by atoms with Crippen LogP contribution in [-0.4, -0.2) is 22.0 Å². The van der Waals surface area contributed by atoms with Gasteiger partial charge in [-0.2, -0.15) is 0 Å². The quantitative estimate of drug-likeness (QED) is 0.478. The zero-order valence-electron chi connectivity index (χ0n) is 11.4. The van der Waals surface area contributed by atoms with Crippen molar-refractivity contribution in [3.8, 4) is 17.4 Å². The number of halogens is 1. The minimum absolute atomic E-state index is 0.0313. The highest BCUT2D eigenvalue weighted by Gasteiger charge is 2.19. The molecule has 110 valence electrons. The van der Waals surface area contributed by atoms with E-state index >= 15 is 0 Å². The first kappa shape index (κ1) is 15.0. The molecular weight excluding hydrogens is 298 g/mol. The Morgan fingerprint density at radius 2 is 2.14 bits per heavy atom. The molecule has 1 heterocycles. The van der Waals surface area contributed by atoms with Crippen molar-refractivity contribution in [3.05, 3.63) is 45.4 Å². The van der Waals surface area contributed by atoms with Crippen LogP contribution >= 0.6 is 11.6 Å². The van der Waals surface area contributed by atoms with Gasteiger partial charge < -0.3 is 9.47 Å². The fourth-order valence-corrected chi connectivity index (χ4v) is 1.98. The van der Waals surface area contributed by atoms with Crippen molar-refractivity contribution >= 4 is 17.3 Å². The number of aromatic nitrogens is 2. The average Bonchev–Trinajstić information content (AvgIpc) is 2.47. The molecule has 1 aromatic heterocycles. The summed E-state index contributed by atoms with van der Waals surface area (Å²) in [6.07, 6.45) is 1.77. The maximum Gasteiger partial charge on any atom is 0.311 e. The van der Waals surface area contributed by atoms with Crippen molar-refractivity contribution in [2.24, 2.45) is 0 Å². The van der Waals surface area contributed by atoms with Crippen LogP contribution in [0.25, 0.3) is 0 Å². The van der Waals surface area contributed by atoms with E-state index in [-0.39, 0.29) is 22.5 Å². The van der Waals surface area contributed by atoms with Crippen LogP contribution in [0, 0.1) is 10.1 Å². The second-order valence-corrected chi connectivity index (χ2v) is 4.35. The number of rotatable bonds is 5. The molecule has 0 saturated heterocycles. The molecule has 0 bridgehead atoms. The van der Waals surface area contributed by atoms with Gasteiger partial charge in [0.15, 0.2) is 0 Å². The van der Waals surface area contributed by atoms with Gasteiger partial charge in [-0.15, -0.1) is 0 Å². The van der Waals surface area contributed by atoms with E-state index in [2.05, 4.69) is 9.97 Å². The number of nitro groups is 1. The van der Waals surface area contributed by atoms with Crippen molar-refractivity contribution in [3.63, 3.8) is 0 Å². The molecule has 0 unspecified atom stereocenters. The lowest BCUT2D eigenvalue weighted by molar-refractivity contribution is -0.385. The summed E-state index contributed by atoms with van der Waals surface area (Å²) in [5.41, 5.74) is 0.392. The Balaban J connectivity index is 2.48. The van der Waals surface area contributed by atoms with Crippen LogP contribution in [0.3, 0.4) is 0 Å². The van der Waals surface area contributed by atoms with Gasteiger partial charge in [0.1, 0.15) is 17.2 Å². The standard InChI is InChI=1S/C13H12ClN3O4/c1-3-9-12(14)15-7-16-13(9)21-11-6-8(20-2)4-5-10(11)17(18)19/h4-7H,3H2,1-2H3. The maximum atomic E-state index is 11.1. The minimum atomic E-state index is -0.539. The number of methoxy groups -OCH3 is 1. The lowest BCUT2D eigenvalue weighted by atomic mass is 10.2. The molecule has 0 aliphatic carbocycles. The SMILES string of the molecule is CCc1c(Cl)ncnc1Oc1cc(OC)ccc1[N+](=O)[O-]. The summed E-state index contributed by atoms with van der Waals surface area (Å²) in [6.45, 7) is 1.86. The van der Waals surface area contributed by atoms with E-state index in [9.17, 15) is 10.1 Å². The molecule has 0 atom stereocenters. The average molecular weight is 310 g/mol. The second kappa shape index (κ2) is 6.36. The van der Waals surface area contributed by atoms with Gasteiger partial charge in [0.25, 0.3) is 0 Å². The number of hydrogen-bond acceptors (Lipinski definition) is 6. The highest BCUT2D eigenvalue weighted by Crippen LogP contribution is 2.35. The third-order valence-corrected chi connectivity index (χ3v) is 3.10. The molecule has 0 fully saturated rings. The van der Waals surface area contributed by atoms with E-state index < -0.39 is 4.92 Å². The molecular formula is C13H12ClN3O4. The van der Waals surface area contributed by atoms with Crippen LogP contribution in [0.15, 0.2) is 24.5 Å². The molecule has 0 spiro atoms. The van der Waals surface area contributed by atoms with Gasteiger partial charge in [0, 0.05) is 12.1 Å². The molecule has 2 rings (SSSR count). The Labute approximate surface area is 125 Å². The molecule has 0 radical (unpaired) electrons. The summed E-state index contributed by atoms with van der Waals surface area (Å²) in [6, 6.07) is 4.22. The van der Waals surface area contributed by atoms with Gasteiger partial charge >= 0.3 is 5.69 Å². The molecule has 0 saturated carbocycles. The molecule has 0 aliphatic heterocycles. The Bertz CT molecular complexity index is 678. The van der Waals surface area contributed by atoms with E-state index in [0.29, 0.717) is 17.7 Å². The van der Waals surface area contributed by atoms with Crippen LogP contribution < -0.4 is 9.47 Å². The lowest BCUT2D eigenvalue weighted by Gasteiger charge is -2.10. The number of nitro benzene ring substituents is 1. The highest BCUT2D eigenvalue weighted by atomic mass is 35.5. The van der Waals surface area contributed by atoms with E-state index in [0.717, 1.165) is 0 Å². The lowest BCUT2D eigenvalue weighted by Crippen LogP contribution is -1.99. The number of ether oxygens (including phenoxy) is 2. The van der Waals surface area contributed by atoms with E-state index in [1.807, 2.05) is 6.92 Å². The van der Waals surface area contributed by atoms with Crippen molar-refractivity contribution < 1.29 is 14.4 Å². The first-order valence-corrected chi connectivity index (χ1v) is 6.44. The van der Waals surface area contributed by atoms with Gasteiger partial charge in [0.05, 0.1) is 17.6 Å². The zero-order valence-corrected chi connectivity index (χ0v) is 12.1. The van der Waals surface area contributed by atoms with E-state index in [1.54, 1.807) is 0 Å². The predicted molar refractivity (Wildman–Crippen MR) is 76.1 cm³/mol. The van der Waals surface area contributed by atoms with Crippen LogP contribution in [0.4, 0.5) is 5.69 Å². The van der Waals surface area contributed by atoms with Gasteiger partial charge in [-0.1, -0.05) is 18.5 Å². The topological polar surface area (TPSA) is 87.4 Å². The van der Waals surface area contributed by atoms with Crippen molar-refractivity contribution in [2.75, 3.05) is 7.11 Å². The zero-order chi connectivity index (χ0) is 15.4. The Kier molecular flexibility index (Phi) is 4.54. The summed E-state index contributed by atoms with van der Waals surface area (Å²) in [4.78, 5) is 18.4. The van der Waals surface area contributed by atoms with Crippen LogP contribution in [-0.2, 0) is 6.42 Å². The monoisotopic (exact) mass is 309 g/mol. The summed E-state index contributed by atoms with van der Waals surface area (Å²) < 4.78 is 10.6. The van der Waals surface area contributed by atoms with Gasteiger partial charge in [-0.3, -0.25) is 10.1 Å². The third-order valence-electron chi connectivity index (χ3n) is 2.78. The minimum Gasteiger partial charge on any atom is -0.497 e. The smallest absolute Gasteiger partial charge is 0.311 e. The van der Waals surface area contributed by atoms with Crippen molar-refractivity contribution in [2.45, 2.75) is 13.3 Å². The maximum absolute atomic E-state index is 11.1. The fraction of sp³-hybridized carbons (Fsp3) is 0.231. The van der Waals surface area contributed by atoms with Crippen molar-refractivity contribution in [1.29, 1.82) is 0 Å². The number of hydrogen-bond donors (Lipinski definition) is 0. The largest absolute Gasteiger partial charge is 0.497 e. The van der Waals surface area contributed by atoms with Gasteiger partial charge in [-0.25, -0.2) is 9.97 Å². The van der Waals surface area contributed by atoms with E-state index in [1.165, 1.54) is 31.6 Å². The molecule has 8 heteroatoms. The Morgan fingerprint density at radius 1 is 1.38 bits per heavy atom. The predicted octanol–water partition coefficient (Wildman–Crippen LogP) is 3.40. The summed E-state index contributed by atoms with van der Waals surface area (Å²) in [5.74, 6) is 0.659. The Hall–Kier alpha value is -2.41. The number of nitrogens with zero attached hydrogens (tertiary/aromatic N) is 3. The fourth-order valence-electron chi connectivity index (χ4n) is 1.72. The van der Waals surface area contributed by atoms with Gasteiger partial charge in [0.2, 0.25) is 11.6 Å². The van der Waals surface area contributed by atoms with Gasteiger partial charge in [-0.05, 0) is 12.5 Å². The number of benzene rings is 1.